The third-order valence-electron chi connectivity index (χ3n) is 6.47. The van der Waals surface area contributed by atoms with E-state index < -0.39 is 22.0 Å². The Balaban J connectivity index is 1.52. The predicted octanol–water partition coefficient (Wildman–Crippen LogP) is 1.27. The van der Waals surface area contributed by atoms with Gasteiger partial charge in [0.05, 0.1) is 45.0 Å². The minimum absolute atomic E-state index is 0.0246. The molecule has 0 radical (unpaired) electrons. The number of carbonyl (C=O) groups is 1. The number of ether oxygens (including phenoxy) is 2. The summed E-state index contributed by atoms with van der Waals surface area (Å²) in [7, 11) is -0.772. The number of esters is 1. The Labute approximate surface area is 194 Å². The van der Waals surface area contributed by atoms with Gasteiger partial charge in [0.25, 0.3) is 0 Å². The first kappa shape index (κ1) is 23.7. The minimum Gasteiger partial charge on any atom is -0.497 e. The lowest BCUT2D eigenvalue weighted by Gasteiger charge is -2.30. The van der Waals surface area contributed by atoms with E-state index in [4.69, 9.17) is 9.47 Å². The van der Waals surface area contributed by atoms with E-state index in [0.29, 0.717) is 31.4 Å². The van der Waals surface area contributed by atoms with Crippen molar-refractivity contribution < 1.29 is 22.7 Å². The van der Waals surface area contributed by atoms with E-state index in [0.717, 1.165) is 37.0 Å². The molecule has 2 aromatic rings. The maximum atomic E-state index is 13.2. The Morgan fingerprint density at radius 1 is 1.12 bits per heavy atom. The van der Waals surface area contributed by atoms with Gasteiger partial charge in [-0.3, -0.25) is 9.69 Å². The molecule has 1 aliphatic heterocycles. The van der Waals surface area contributed by atoms with Crippen molar-refractivity contribution in [2.45, 2.75) is 50.9 Å². The predicted molar refractivity (Wildman–Crippen MR) is 121 cm³/mol. The third-order valence-corrected chi connectivity index (χ3v) is 8.27. The number of methoxy groups -OCH3 is 2. The van der Waals surface area contributed by atoms with Gasteiger partial charge in [-0.1, -0.05) is 30.2 Å². The molecule has 11 heteroatoms. The van der Waals surface area contributed by atoms with Crippen molar-refractivity contribution in [1.29, 1.82) is 0 Å². The van der Waals surface area contributed by atoms with Crippen LogP contribution in [0.5, 0.6) is 5.75 Å². The number of hydrogen-bond donors (Lipinski definition) is 0. The fourth-order valence-electron chi connectivity index (χ4n) is 4.65. The normalized spacial score (nSPS) is 22.2. The molecule has 0 N–H and O–H groups in total. The molecule has 2 heterocycles. The van der Waals surface area contributed by atoms with E-state index in [1.165, 1.54) is 11.4 Å². The lowest BCUT2D eigenvalue weighted by Crippen LogP contribution is -2.49. The highest BCUT2D eigenvalue weighted by atomic mass is 32.2. The molecule has 1 saturated heterocycles. The van der Waals surface area contributed by atoms with Crippen LogP contribution < -0.4 is 4.74 Å². The van der Waals surface area contributed by atoms with Crippen LogP contribution >= 0.6 is 0 Å². The first-order chi connectivity index (χ1) is 15.9. The van der Waals surface area contributed by atoms with Crippen molar-refractivity contribution in [2.24, 2.45) is 0 Å². The lowest BCUT2D eigenvalue weighted by atomic mass is 10.1. The largest absolute Gasteiger partial charge is 0.497 e. The molecular weight excluding hydrogens is 446 g/mol. The van der Waals surface area contributed by atoms with Gasteiger partial charge in [-0.25, -0.2) is 13.1 Å². The van der Waals surface area contributed by atoms with E-state index >= 15 is 0 Å². The summed E-state index contributed by atoms with van der Waals surface area (Å²) in [6, 6.07) is 7.02. The highest BCUT2D eigenvalue weighted by molar-refractivity contribution is 7.89. The summed E-state index contributed by atoms with van der Waals surface area (Å²) in [5.74, 6) is 0.191. The molecule has 2 fully saturated rings. The number of nitrogens with zero attached hydrogens (tertiary/aromatic N) is 5. The molecule has 1 atom stereocenters. The number of sulfonamides is 1. The smallest absolute Gasteiger partial charge is 0.325 e. The molecule has 1 aromatic carbocycles. The SMILES string of the molecule is COC(=O)C1CN(C2CCCC2)CCS(=O)(=O)N1Cc1cn(Cc2ccc(OC)cc2)nn1. The first-order valence-corrected chi connectivity index (χ1v) is 12.8. The summed E-state index contributed by atoms with van der Waals surface area (Å²) in [6.45, 7) is 1.21. The third kappa shape index (κ3) is 5.53. The van der Waals surface area contributed by atoms with Crippen molar-refractivity contribution in [3.8, 4) is 5.75 Å². The van der Waals surface area contributed by atoms with E-state index in [2.05, 4.69) is 15.2 Å². The first-order valence-electron chi connectivity index (χ1n) is 11.2. The van der Waals surface area contributed by atoms with Crippen molar-refractivity contribution in [2.75, 3.05) is 33.1 Å². The topological polar surface area (TPSA) is 107 Å². The average molecular weight is 478 g/mol. The maximum absolute atomic E-state index is 13.2. The molecule has 4 rings (SSSR count). The molecule has 10 nitrogen and oxygen atoms in total. The van der Waals surface area contributed by atoms with E-state index in [-0.39, 0.29) is 12.3 Å². The second kappa shape index (κ2) is 10.2. The summed E-state index contributed by atoms with van der Waals surface area (Å²) < 4.78 is 39.4. The van der Waals surface area contributed by atoms with Crippen molar-refractivity contribution in [3.05, 3.63) is 41.7 Å². The molecule has 1 saturated carbocycles. The standard InChI is InChI=1S/C22H31N5O5S/c1-31-20-9-7-17(8-10-20)13-26-14-18(23-24-26)15-27-21(22(28)32-2)16-25(11-12-33(27,29)30)19-5-3-4-6-19/h7-10,14,19,21H,3-6,11-13,15-16H2,1-2H3. The van der Waals surface area contributed by atoms with Crippen LogP contribution in [0.3, 0.4) is 0 Å². The Kier molecular flexibility index (Phi) is 7.30. The summed E-state index contributed by atoms with van der Waals surface area (Å²) in [5, 5.41) is 8.31. The Morgan fingerprint density at radius 2 is 1.85 bits per heavy atom. The molecule has 0 bridgehead atoms. The summed E-state index contributed by atoms with van der Waals surface area (Å²) in [5.41, 5.74) is 1.49. The van der Waals surface area contributed by atoms with Crippen LogP contribution in [0.1, 0.15) is 36.9 Å². The van der Waals surface area contributed by atoms with Crippen LogP contribution in [0, 0.1) is 0 Å². The Morgan fingerprint density at radius 3 is 2.52 bits per heavy atom. The highest BCUT2D eigenvalue weighted by Gasteiger charge is 2.42. The van der Waals surface area contributed by atoms with E-state index in [9.17, 15) is 13.2 Å². The lowest BCUT2D eigenvalue weighted by molar-refractivity contribution is -0.146. The number of aromatic nitrogens is 3. The van der Waals surface area contributed by atoms with Crippen LogP contribution in [0.25, 0.3) is 0 Å². The second-order valence-electron chi connectivity index (χ2n) is 8.59. The van der Waals surface area contributed by atoms with Crippen LogP contribution in [0.2, 0.25) is 0 Å². The van der Waals surface area contributed by atoms with Gasteiger partial charge in [0.2, 0.25) is 10.0 Å². The van der Waals surface area contributed by atoms with Crippen LogP contribution in [-0.4, -0.2) is 83.7 Å². The minimum atomic E-state index is -3.68. The van der Waals surface area contributed by atoms with Gasteiger partial charge in [-0.2, -0.15) is 4.31 Å². The van der Waals surface area contributed by atoms with Crippen molar-refractivity contribution in [3.63, 3.8) is 0 Å². The fourth-order valence-corrected chi connectivity index (χ4v) is 6.22. The second-order valence-corrected chi connectivity index (χ2v) is 10.6. The molecule has 33 heavy (non-hydrogen) atoms. The van der Waals surface area contributed by atoms with E-state index in [1.54, 1.807) is 18.0 Å². The van der Waals surface area contributed by atoms with Crippen LogP contribution in [0.4, 0.5) is 0 Å². The molecule has 0 amide bonds. The molecule has 180 valence electrons. The number of hydrogen-bond acceptors (Lipinski definition) is 8. The summed E-state index contributed by atoms with van der Waals surface area (Å²) in [4.78, 5) is 14.8. The van der Waals surface area contributed by atoms with Crippen LogP contribution in [-0.2, 0) is 32.6 Å². The van der Waals surface area contributed by atoms with Crippen molar-refractivity contribution >= 4 is 16.0 Å². The van der Waals surface area contributed by atoms with E-state index in [1.807, 2.05) is 24.3 Å². The van der Waals surface area contributed by atoms with Gasteiger partial charge in [-0.15, -0.1) is 5.10 Å². The van der Waals surface area contributed by atoms with Gasteiger partial charge in [-0.05, 0) is 30.5 Å². The van der Waals surface area contributed by atoms with Gasteiger partial charge in [0.1, 0.15) is 11.8 Å². The number of benzene rings is 1. The molecular formula is C22H31N5O5S. The monoisotopic (exact) mass is 477 g/mol. The number of rotatable bonds is 7. The molecule has 1 unspecified atom stereocenters. The van der Waals surface area contributed by atoms with Gasteiger partial charge >= 0.3 is 5.97 Å². The molecule has 1 aromatic heterocycles. The highest BCUT2D eigenvalue weighted by Crippen LogP contribution is 2.27. The van der Waals surface area contributed by atoms with Gasteiger partial charge < -0.3 is 9.47 Å². The molecule has 2 aliphatic rings. The zero-order valence-corrected chi connectivity index (χ0v) is 19.9. The Hall–Kier alpha value is -2.50. The summed E-state index contributed by atoms with van der Waals surface area (Å²) >= 11 is 0. The van der Waals surface area contributed by atoms with Gasteiger partial charge in [0, 0.05) is 19.1 Å². The fraction of sp³-hybridized carbons (Fsp3) is 0.591. The van der Waals surface area contributed by atoms with Gasteiger partial charge in [0.15, 0.2) is 0 Å². The number of carbonyl (C=O) groups excluding carboxylic acids is 1. The maximum Gasteiger partial charge on any atom is 0.325 e. The zero-order chi connectivity index (χ0) is 23.4. The summed E-state index contributed by atoms with van der Waals surface area (Å²) in [6.07, 6.45) is 6.06. The molecule has 0 spiro atoms. The Bertz CT molecular complexity index is 1050. The van der Waals surface area contributed by atoms with Crippen LogP contribution in [0.15, 0.2) is 30.5 Å². The molecule has 1 aliphatic carbocycles. The zero-order valence-electron chi connectivity index (χ0n) is 19.1. The van der Waals surface area contributed by atoms with Crippen molar-refractivity contribution in [1.82, 2.24) is 24.2 Å². The quantitative estimate of drug-likeness (QED) is 0.549. The average Bonchev–Trinajstić information content (AvgIpc) is 3.48.